The molecule has 0 aromatic heterocycles. The lowest BCUT2D eigenvalue weighted by atomic mass is 9.86. The van der Waals surface area contributed by atoms with Crippen LogP contribution in [0.5, 0.6) is 0 Å². The zero-order valence-corrected chi connectivity index (χ0v) is 11.2. The average Bonchev–Trinajstić information content (AvgIpc) is 2.37. The molecule has 1 aromatic rings. The molecule has 2 N–H and O–H groups in total. The Balaban J connectivity index is 1.96. The van der Waals surface area contributed by atoms with Crippen LogP contribution in [0.3, 0.4) is 0 Å². The zero-order chi connectivity index (χ0) is 13.8. The van der Waals surface area contributed by atoms with Crippen molar-refractivity contribution in [3.63, 3.8) is 0 Å². The summed E-state index contributed by atoms with van der Waals surface area (Å²) in [6.45, 7) is 2.83. The van der Waals surface area contributed by atoms with Crippen molar-refractivity contribution in [2.24, 2.45) is 5.92 Å². The number of halogens is 1. The van der Waals surface area contributed by atoms with Crippen LogP contribution in [0.25, 0.3) is 0 Å². The van der Waals surface area contributed by atoms with E-state index in [9.17, 15) is 9.18 Å². The number of carbonyl (C=O) groups is 1. The molecule has 1 saturated carbocycles. The van der Waals surface area contributed by atoms with E-state index >= 15 is 0 Å². The molecule has 2 unspecified atom stereocenters. The number of carboxylic acid groups (broad SMARTS) is 1. The average molecular weight is 265 g/mol. The molecule has 19 heavy (non-hydrogen) atoms. The lowest BCUT2D eigenvalue weighted by Gasteiger charge is -2.29. The summed E-state index contributed by atoms with van der Waals surface area (Å²) in [5.41, 5.74) is 0.523. The minimum absolute atomic E-state index is 0.269. The minimum atomic E-state index is -1.22. The van der Waals surface area contributed by atoms with Gasteiger partial charge in [0.05, 0.1) is 5.56 Å². The van der Waals surface area contributed by atoms with E-state index in [2.05, 4.69) is 12.2 Å². The predicted octanol–water partition coefficient (Wildman–Crippen LogP) is 3.19. The van der Waals surface area contributed by atoms with Gasteiger partial charge in [-0.2, -0.15) is 0 Å². The highest BCUT2D eigenvalue weighted by Gasteiger charge is 2.20. The van der Waals surface area contributed by atoms with E-state index in [1.54, 1.807) is 6.07 Å². The number of carboxylic acids is 1. The Bertz CT molecular complexity index is 461. The second-order valence-electron chi connectivity index (χ2n) is 5.37. The Hall–Kier alpha value is -1.42. The van der Waals surface area contributed by atoms with E-state index < -0.39 is 11.8 Å². The van der Waals surface area contributed by atoms with Gasteiger partial charge in [-0.3, -0.25) is 0 Å². The van der Waals surface area contributed by atoms with Crippen molar-refractivity contribution in [1.29, 1.82) is 0 Å². The summed E-state index contributed by atoms with van der Waals surface area (Å²) in [7, 11) is 0. The molecule has 104 valence electrons. The second-order valence-corrected chi connectivity index (χ2v) is 5.37. The first-order valence-corrected chi connectivity index (χ1v) is 6.83. The molecular formula is C15H20FNO2. The Morgan fingerprint density at radius 1 is 1.42 bits per heavy atom. The quantitative estimate of drug-likeness (QED) is 0.879. The van der Waals surface area contributed by atoms with Crippen molar-refractivity contribution in [2.75, 3.05) is 0 Å². The number of rotatable bonds is 4. The molecule has 0 heterocycles. The first kappa shape index (κ1) is 14.0. The van der Waals surface area contributed by atoms with Gasteiger partial charge >= 0.3 is 5.97 Å². The van der Waals surface area contributed by atoms with E-state index in [1.165, 1.54) is 31.4 Å². The molecule has 0 spiro atoms. The maximum absolute atomic E-state index is 13.5. The maximum atomic E-state index is 13.5. The van der Waals surface area contributed by atoms with Gasteiger partial charge in [0.25, 0.3) is 0 Å². The van der Waals surface area contributed by atoms with Crippen LogP contribution >= 0.6 is 0 Å². The van der Waals surface area contributed by atoms with Gasteiger partial charge < -0.3 is 10.4 Å². The largest absolute Gasteiger partial charge is 0.478 e. The van der Waals surface area contributed by atoms with Crippen LogP contribution in [0, 0.1) is 11.7 Å². The fourth-order valence-electron chi connectivity index (χ4n) is 2.71. The van der Waals surface area contributed by atoms with E-state index in [1.807, 2.05) is 0 Å². The lowest BCUT2D eigenvalue weighted by molar-refractivity contribution is 0.0692. The lowest BCUT2D eigenvalue weighted by Crippen LogP contribution is -2.36. The van der Waals surface area contributed by atoms with Gasteiger partial charge in [-0.05, 0) is 36.5 Å². The molecule has 0 bridgehead atoms. The number of hydrogen-bond donors (Lipinski definition) is 2. The van der Waals surface area contributed by atoms with Crippen LogP contribution in [0.1, 0.15) is 48.5 Å². The van der Waals surface area contributed by atoms with Gasteiger partial charge in [0, 0.05) is 12.6 Å². The van der Waals surface area contributed by atoms with Crippen LogP contribution in [0.15, 0.2) is 18.2 Å². The summed E-state index contributed by atoms with van der Waals surface area (Å²) >= 11 is 0. The number of benzene rings is 1. The van der Waals surface area contributed by atoms with Crippen molar-refractivity contribution in [2.45, 2.75) is 45.2 Å². The normalized spacial score (nSPS) is 23.3. The molecule has 0 radical (unpaired) electrons. The predicted molar refractivity (Wildman–Crippen MR) is 71.6 cm³/mol. The topological polar surface area (TPSA) is 49.3 Å². The van der Waals surface area contributed by atoms with Crippen molar-refractivity contribution in [1.82, 2.24) is 5.32 Å². The van der Waals surface area contributed by atoms with E-state index in [-0.39, 0.29) is 5.56 Å². The smallest absolute Gasteiger partial charge is 0.338 e. The van der Waals surface area contributed by atoms with E-state index in [4.69, 9.17) is 5.11 Å². The molecule has 4 heteroatoms. The third-order valence-electron chi connectivity index (χ3n) is 3.94. The van der Waals surface area contributed by atoms with Crippen LogP contribution in [0.2, 0.25) is 0 Å². The van der Waals surface area contributed by atoms with Gasteiger partial charge in [-0.1, -0.05) is 25.8 Å². The van der Waals surface area contributed by atoms with Gasteiger partial charge in [0.1, 0.15) is 5.82 Å². The third-order valence-corrected chi connectivity index (χ3v) is 3.94. The highest BCUT2D eigenvalue weighted by Crippen LogP contribution is 2.24. The molecule has 2 rings (SSSR count). The highest BCUT2D eigenvalue weighted by atomic mass is 19.1. The third kappa shape index (κ3) is 3.53. The molecular weight excluding hydrogens is 245 g/mol. The summed E-state index contributed by atoms with van der Waals surface area (Å²) in [6.07, 6.45) is 4.94. The van der Waals surface area contributed by atoms with Crippen molar-refractivity contribution in [3.05, 3.63) is 35.1 Å². The van der Waals surface area contributed by atoms with Crippen molar-refractivity contribution < 1.29 is 14.3 Å². The number of hydrogen-bond acceptors (Lipinski definition) is 2. The molecule has 1 aliphatic carbocycles. The summed E-state index contributed by atoms with van der Waals surface area (Å²) in [5, 5.41) is 12.2. The number of nitrogens with one attached hydrogen (secondary N) is 1. The van der Waals surface area contributed by atoms with E-state index in [0.717, 1.165) is 12.0 Å². The zero-order valence-electron chi connectivity index (χ0n) is 11.2. The second kappa shape index (κ2) is 6.15. The van der Waals surface area contributed by atoms with Gasteiger partial charge in [-0.15, -0.1) is 0 Å². The van der Waals surface area contributed by atoms with Crippen molar-refractivity contribution in [3.8, 4) is 0 Å². The van der Waals surface area contributed by atoms with Crippen molar-refractivity contribution >= 4 is 5.97 Å². The summed E-state index contributed by atoms with van der Waals surface area (Å²) in [5.74, 6) is -1.24. The molecule has 2 atom stereocenters. The summed E-state index contributed by atoms with van der Waals surface area (Å²) < 4.78 is 13.5. The minimum Gasteiger partial charge on any atom is -0.478 e. The van der Waals surface area contributed by atoms with Crippen LogP contribution < -0.4 is 5.32 Å². The molecule has 0 saturated heterocycles. The Labute approximate surface area is 112 Å². The molecule has 0 aliphatic heterocycles. The molecule has 0 amide bonds. The van der Waals surface area contributed by atoms with E-state index in [0.29, 0.717) is 18.5 Å². The molecule has 1 fully saturated rings. The first-order chi connectivity index (χ1) is 9.08. The Morgan fingerprint density at radius 2 is 2.16 bits per heavy atom. The fraction of sp³-hybridized carbons (Fsp3) is 0.533. The van der Waals surface area contributed by atoms with Gasteiger partial charge in [0.2, 0.25) is 0 Å². The van der Waals surface area contributed by atoms with Crippen LogP contribution in [-0.4, -0.2) is 17.1 Å². The summed E-state index contributed by atoms with van der Waals surface area (Å²) in [4.78, 5) is 10.7. The Morgan fingerprint density at radius 3 is 2.79 bits per heavy atom. The van der Waals surface area contributed by atoms with Gasteiger partial charge in [0.15, 0.2) is 0 Å². The van der Waals surface area contributed by atoms with Gasteiger partial charge in [-0.25, -0.2) is 9.18 Å². The maximum Gasteiger partial charge on any atom is 0.338 e. The summed E-state index contributed by atoms with van der Waals surface area (Å²) in [6, 6.07) is 4.80. The Kier molecular flexibility index (Phi) is 4.53. The fourth-order valence-corrected chi connectivity index (χ4v) is 2.71. The standard InChI is InChI=1S/C15H20FNO2/c1-10-4-2-3-5-14(10)17-9-11-6-7-12(15(18)19)13(16)8-11/h6-8,10,14,17H,2-5,9H2,1H3,(H,18,19). The van der Waals surface area contributed by atoms with Crippen LogP contribution in [0.4, 0.5) is 4.39 Å². The van der Waals surface area contributed by atoms with Crippen LogP contribution in [-0.2, 0) is 6.54 Å². The first-order valence-electron chi connectivity index (χ1n) is 6.83. The molecule has 3 nitrogen and oxygen atoms in total. The SMILES string of the molecule is CC1CCCCC1NCc1ccc(C(=O)O)c(F)c1. The highest BCUT2D eigenvalue weighted by molar-refractivity contribution is 5.87. The molecule has 1 aliphatic rings. The monoisotopic (exact) mass is 265 g/mol. The number of aromatic carboxylic acids is 1. The molecule has 1 aromatic carbocycles.